The number of halogens is 1. The number of carbonyl (C=O) groups excluding carboxylic acids is 1. The second kappa shape index (κ2) is 10.2. The van der Waals surface area contributed by atoms with E-state index in [2.05, 4.69) is 16.4 Å². The number of aryl methyl sites for hydroxylation is 1. The monoisotopic (exact) mass is 496 g/mol. The fourth-order valence-corrected chi connectivity index (χ4v) is 3.12. The molecule has 3 N–H and O–H groups in total. The van der Waals surface area contributed by atoms with Crippen LogP contribution < -0.4 is 25.4 Å². The number of rotatable bonds is 5. The van der Waals surface area contributed by atoms with E-state index in [1.54, 1.807) is 37.3 Å². The third-order valence-electron chi connectivity index (χ3n) is 4.47. The lowest BCUT2D eigenvalue weighted by Gasteiger charge is -2.29. The highest BCUT2D eigenvalue weighted by atomic mass is 127. The molecule has 0 saturated heterocycles. The van der Waals surface area contributed by atoms with Gasteiger partial charge in [0.2, 0.25) is 5.91 Å². The van der Waals surface area contributed by atoms with Crippen LogP contribution in [0, 0.1) is 0 Å². The number of hydrogen-bond donors (Lipinski definition) is 2. The summed E-state index contributed by atoms with van der Waals surface area (Å²) in [5.74, 6) is 1.32. The maximum Gasteiger partial charge on any atom is 0.248 e. The summed E-state index contributed by atoms with van der Waals surface area (Å²) >= 11 is 0. The summed E-state index contributed by atoms with van der Waals surface area (Å²) in [5, 5.41) is 2.97. The van der Waals surface area contributed by atoms with E-state index in [9.17, 15) is 4.79 Å². The highest BCUT2D eigenvalue weighted by Gasteiger charge is 2.21. The van der Waals surface area contributed by atoms with Crippen molar-refractivity contribution in [2.45, 2.75) is 12.8 Å². The van der Waals surface area contributed by atoms with E-state index in [0.29, 0.717) is 23.7 Å². The zero-order valence-electron chi connectivity index (χ0n) is 16.0. The van der Waals surface area contributed by atoms with Crippen molar-refractivity contribution in [2.24, 2.45) is 10.7 Å². The van der Waals surface area contributed by atoms with Crippen molar-refractivity contribution in [3.63, 3.8) is 0 Å². The molecule has 3 rings (SSSR count). The number of para-hydroxylation sites is 1. The van der Waals surface area contributed by atoms with Crippen LogP contribution >= 0.6 is 24.0 Å². The predicted octanol–water partition coefficient (Wildman–Crippen LogP) is 3.03. The summed E-state index contributed by atoms with van der Waals surface area (Å²) in [6, 6.07) is 13.3. The largest absolute Gasteiger partial charge is 0.497 e. The van der Waals surface area contributed by atoms with Crippen LogP contribution in [-0.2, 0) is 11.2 Å². The molecule has 0 bridgehead atoms. The Kier molecular flexibility index (Phi) is 7.91. The van der Waals surface area contributed by atoms with Gasteiger partial charge in [0, 0.05) is 18.3 Å². The predicted molar refractivity (Wildman–Crippen MR) is 122 cm³/mol. The highest BCUT2D eigenvalue weighted by molar-refractivity contribution is 14.0. The Morgan fingerprint density at radius 1 is 1.21 bits per heavy atom. The first kappa shape index (κ1) is 21.8. The number of carbonyl (C=O) groups is 1. The number of aliphatic imine (C=N–C) groups is 1. The van der Waals surface area contributed by atoms with Crippen molar-refractivity contribution in [1.82, 2.24) is 0 Å². The number of ether oxygens (including phenoxy) is 2. The van der Waals surface area contributed by atoms with E-state index in [0.717, 1.165) is 18.5 Å². The molecule has 0 atom stereocenters. The third kappa shape index (κ3) is 5.06. The van der Waals surface area contributed by atoms with Crippen LogP contribution in [0.4, 0.5) is 11.4 Å². The van der Waals surface area contributed by atoms with Crippen LogP contribution in [0.15, 0.2) is 47.5 Å². The van der Waals surface area contributed by atoms with Gasteiger partial charge >= 0.3 is 0 Å². The number of anilines is 2. The average molecular weight is 496 g/mol. The zero-order valence-corrected chi connectivity index (χ0v) is 18.3. The number of methoxy groups -OCH3 is 2. The lowest BCUT2D eigenvalue weighted by atomic mass is 10.0. The average Bonchev–Trinajstić information content (AvgIpc) is 2.71. The van der Waals surface area contributed by atoms with Crippen molar-refractivity contribution in [3.05, 3.63) is 48.0 Å². The molecule has 1 aliphatic heterocycles. The quantitative estimate of drug-likeness (QED) is 0.378. The van der Waals surface area contributed by atoms with Gasteiger partial charge in [-0.15, -0.1) is 24.0 Å². The number of guanidine groups is 1. The van der Waals surface area contributed by atoms with Gasteiger partial charge in [0.05, 0.1) is 19.9 Å². The zero-order chi connectivity index (χ0) is 19.2. The van der Waals surface area contributed by atoms with Gasteiger partial charge in [0.1, 0.15) is 18.0 Å². The Labute approximate surface area is 181 Å². The summed E-state index contributed by atoms with van der Waals surface area (Å²) in [5.41, 5.74) is 8.74. The molecule has 0 unspecified atom stereocenters. The molecule has 2 aromatic rings. The smallest absolute Gasteiger partial charge is 0.248 e. The number of amides is 1. The van der Waals surface area contributed by atoms with Crippen molar-refractivity contribution in [1.29, 1.82) is 0 Å². The third-order valence-corrected chi connectivity index (χ3v) is 4.47. The Morgan fingerprint density at radius 3 is 2.75 bits per heavy atom. The van der Waals surface area contributed by atoms with Crippen molar-refractivity contribution >= 4 is 47.2 Å². The molecule has 1 heterocycles. The first-order valence-corrected chi connectivity index (χ1v) is 8.79. The normalized spacial score (nSPS) is 13.2. The van der Waals surface area contributed by atoms with Crippen molar-refractivity contribution < 1.29 is 14.3 Å². The van der Waals surface area contributed by atoms with E-state index >= 15 is 0 Å². The molecule has 0 radical (unpaired) electrons. The Bertz CT molecular complexity index is 857. The van der Waals surface area contributed by atoms with Gasteiger partial charge in [-0.05, 0) is 36.6 Å². The molecule has 0 saturated carbocycles. The van der Waals surface area contributed by atoms with E-state index < -0.39 is 0 Å². The standard InChI is InChI=1S/C20H24N4O3.HI/c1-26-15-9-10-18(27-2)16(12-15)23-20(21)22-13-19(25)24-11-5-7-14-6-3-4-8-17(14)24;/h3-4,6,8-10,12H,5,7,11,13H2,1-2H3,(H3,21,22,23);1H. The minimum atomic E-state index is -0.0792. The van der Waals surface area contributed by atoms with E-state index in [1.807, 2.05) is 18.2 Å². The summed E-state index contributed by atoms with van der Waals surface area (Å²) in [6.45, 7) is 0.669. The second-order valence-electron chi connectivity index (χ2n) is 6.17. The summed E-state index contributed by atoms with van der Waals surface area (Å²) in [4.78, 5) is 18.6. The minimum Gasteiger partial charge on any atom is -0.497 e. The summed E-state index contributed by atoms with van der Waals surface area (Å²) in [6.07, 6.45) is 1.93. The lowest BCUT2D eigenvalue weighted by molar-refractivity contribution is -0.117. The van der Waals surface area contributed by atoms with Crippen molar-refractivity contribution in [3.8, 4) is 11.5 Å². The van der Waals surface area contributed by atoms with E-state index in [-0.39, 0.29) is 42.4 Å². The van der Waals surface area contributed by atoms with Crippen LogP contribution in [-0.4, -0.2) is 39.2 Å². The number of fused-ring (bicyclic) bond motifs is 1. The van der Waals surface area contributed by atoms with Gasteiger partial charge in [-0.1, -0.05) is 18.2 Å². The summed E-state index contributed by atoms with van der Waals surface area (Å²) in [7, 11) is 3.15. The maximum atomic E-state index is 12.6. The van der Waals surface area contributed by atoms with Gasteiger partial charge in [0.25, 0.3) is 0 Å². The molecule has 7 nitrogen and oxygen atoms in total. The Morgan fingerprint density at radius 2 is 2.00 bits per heavy atom. The second-order valence-corrected chi connectivity index (χ2v) is 6.17. The first-order valence-electron chi connectivity index (χ1n) is 8.79. The summed E-state index contributed by atoms with van der Waals surface area (Å²) < 4.78 is 10.5. The van der Waals surface area contributed by atoms with E-state index in [4.69, 9.17) is 15.2 Å². The van der Waals surface area contributed by atoms with Crippen LogP contribution in [0.25, 0.3) is 0 Å². The minimum absolute atomic E-state index is 0. The van der Waals surface area contributed by atoms with Crippen LogP contribution in [0.1, 0.15) is 12.0 Å². The molecule has 0 aliphatic carbocycles. The topological polar surface area (TPSA) is 89.2 Å². The van der Waals surface area contributed by atoms with E-state index in [1.165, 1.54) is 5.56 Å². The SMILES string of the molecule is COc1ccc(OC)c(NC(N)=NCC(=O)N2CCCc3ccccc32)c1.I. The molecule has 8 heteroatoms. The lowest BCUT2D eigenvalue weighted by Crippen LogP contribution is -2.37. The highest BCUT2D eigenvalue weighted by Crippen LogP contribution is 2.29. The molecule has 0 fully saturated rings. The fourth-order valence-electron chi connectivity index (χ4n) is 3.12. The van der Waals surface area contributed by atoms with Gasteiger partial charge in [-0.3, -0.25) is 4.79 Å². The number of nitrogens with two attached hydrogens (primary N) is 1. The molecular weight excluding hydrogens is 471 g/mol. The fraction of sp³-hybridized carbons (Fsp3) is 0.300. The maximum absolute atomic E-state index is 12.6. The van der Waals surface area contributed by atoms with Crippen molar-refractivity contribution in [2.75, 3.05) is 37.5 Å². The molecule has 28 heavy (non-hydrogen) atoms. The number of benzene rings is 2. The van der Waals surface area contributed by atoms with Crippen LogP contribution in [0.3, 0.4) is 0 Å². The van der Waals surface area contributed by atoms with Crippen LogP contribution in [0.5, 0.6) is 11.5 Å². The molecule has 1 aliphatic rings. The molecule has 150 valence electrons. The van der Waals surface area contributed by atoms with Gasteiger partial charge < -0.3 is 25.4 Å². The van der Waals surface area contributed by atoms with Crippen LogP contribution in [0.2, 0.25) is 0 Å². The Balaban J connectivity index is 0.00000280. The number of nitrogens with zero attached hydrogens (tertiary/aromatic N) is 2. The number of nitrogens with one attached hydrogen (secondary N) is 1. The molecular formula is C20H25IN4O3. The molecule has 0 spiro atoms. The molecule has 0 aromatic heterocycles. The first-order chi connectivity index (χ1) is 13.1. The molecule has 1 amide bonds. The van der Waals surface area contributed by atoms with Gasteiger partial charge in [-0.2, -0.15) is 0 Å². The number of hydrogen-bond acceptors (Lipinski definition) is 4. The van der Waals surface area contributed by atoms with Gasteiger partial charge in [-0.25, -0.2) is 4.99 Å². The molecule has 2 aromatic carbocycles. The van der Waals surface area contributed by atoms with Gasteiger partial charge in [0.15, 0.2) is 5.96 Å². The Hall–Kier alpha value is -2.49.